The van der Waals surface area contributed by atoms with Gasteiger partial charge in [-0.05, 0) is 74.1 Å². The molecular formula is C31H33N5O3S. The number of rotatable bonds is 9. The fourth-order valence-electron chi connectivity index (χ4n) is 5.40. The van der Waals surface area contributed by atoms with Crippen LogP contribution in [0.4, 0.5) is 5.69 Å². The second-order valence-corrected chi connectivity index (χ2v) is 10.1. The average Bonchev–Trinajstić information content (AvgIpc) is 3.46. The predicted octanol–water partition coefficient (Wildman–Crippen LogP) is 5.51. The lowest BCUT2D eigenvalue weighted by molar-refractivity contribution is -0.116. The molecular weight excluding hydrogens is 522 g/mol. The van der Waals surface area contributed by atoms with Crippen molar-refractivity contribution in [1.29, 1.82) is 0 Å². The predicted molar refractivity (Wildman–Crippen MR) is 160 cm³/mol. The zero-order valence-corrected chi connectivity index (χ0v) is 23.9. The first-order chi connectivity index (χ1) is 19.4. The van der Waals surface area contributed by atoms with E-state index in [9.17, 15) is 4.79 Å². The molecule has 2 N–H and O–H groups in total. The number of hydrogen-bond acceptors (Lipinski definition) is 5. The van der Waals surface area contributed by atoms with Crippen LogP contribution in [0, 0.1) is 13.8 Å². The van der Waals surface area contributed by atoms with Crippen molar-refractivity contribution in [3.63, 3.8) is 0 Å². The number of hydrogen-bond donors (Lipinski definition) is 2. The summed E-state index contributed by atoms with van der Waals surface area (Å²) < 4.78 is 13.1. The van der Waals surface area contributed by atoms with Crippen molar-refractivity contribution in [1.82, 2.24) is 19.8 Å². The number of ether oxygens (including phenoxy) is 2. The van der Waals surface area contributed by atoms with Crippen LogP contribution in [0.1, 0.15) is 41.1 Å². The lowest BCUT2D eigenvalue weighted by atomic mass is 9.96. The molecule has 2 atom stereocenters. The molecule has 8 nitrogen and oxygen atoms in total. The van der Waals surface area contributed by atoms with Crippen LogP contribution in [-0.2, 0) is 4.79 Å². The standard InChI is InChI=1S/C31H33N5O3S/c1-20-18-24(21(2)36(20)22-10-9-11-23(19-22)38-3)30-29(26-13-7-8-16-32-26)34-31(40)35(30)17-15-28(37)33-25-12-5-6-14-27(25)39-4/h5-14,16,18-19,29-30H,15,17H2,1-4H3,(H,33,37)(H,34,40)/t29-,30-/m0/s1. The average molecular weight is 556 g/mol. The Morgan fingerprint density at radius 2 is 1.82 bits per heavy atom. The number of benzene rings is 2. The number of carbonyl (C=O) groups is 1. The molecule has 3 heterocycles. The lowest BCUT2D eigenvalue weighted by Crippen LogP contribution is -2.33. The fourth-order valence-corrected chi connectivity index (χ4v) is 5.73. The molecule has 0 saturated carbocycles. The van der Waals surface area contributed by atoms with Crippen LogP contribution in [0.15, 0.2) is 79.0 Å². The number of pyridine rings is 1. The summed E-state index contributed by atoms with van der Waals surface area (Å²) in [4.78, 5) is 19.8. The van der Waals surface area contributed by atoms with Gasteiger partial charge in [0.2, 0.25) is 5.91 Å². The Morgan fingerprint density at radius 3 is 2.58 bits per heavy atom. The first-order valence-corrected chi connectivity index (χ1v) is 13.6. The summed E-state index contributed by atoms with van der Waals surface area (Å²) >= 11 is 5.84. The third-order valence-electron chi connectivity index (χ3n) is 7.26. The van der Waals surface area contributed by atoms with Gasteiger partial charge in [-0.2, -0.15) is 0 Å². The molecule has 0 unspecified atom stereocenters. The Bertz CT molecular complexity index is 1520. The molecule has 1 aliphatic rings. The van der Waals surface area contributed by atoms with Crippen molar-refractivity contribution in [3.05, 3.63) is 102 Å². The van der Waals surface area contributed by atoms with Crippen molar-refractivity contribution in [3.8, 4) is 17.2 Å². The van der Waals surface area contributed by atoms with Gasteiger partial charge in [0.15, 0.2) is 5.11 Å². The van der Waals surface area contributed by atoms with Crippen LogP contribution in [-0.4, -0.2) is 46.2 Å². The van der Waals surface area contributed by atoms with E-state index in [0.717, 1.165) is 34.1 Å². The highest BCUT2D eigenvalue weighted by atomic mass is 32.1. The van der Waals surface area contributed by atoms with Gasteiger partial charge < -0.3 is 29.6 Å². The zero-order valence-electron chi connectivity index (χ0n) is 23.0. The number of amides is 1. The topological polar surface area (TPSA) is 80.7 Å². The van der Waals surface area contributed by atoms with E-state index >= 15 is 0 Å². The minimum absolute atomic E-state index is 0.116. The first-order valence-electron chi connectivity index (χ1n) is 13.2. The number of anilines is 1. The number of nitrogens with zero attached hydrogens (tertiary/aromatic N) is 3. The van der Waals surface area contributed by atoms with Gasteiger partial charge in [0, 0.05) is 42.3 Å². The van der Waals surface area contributed by atoms with E-state index in [-0.39, 0.29) is 24.4 Å². The Labute approximate surface area is 239 Å². The molecule has 2 aromatic heterocycles. The quantitative estimate of drug-likeness (QED) is 0.264. The van der Waals surface area contributed by atoms with Crippen molar-refractivity contribution in [2.45, 2.75) is 32.4 Å². The second kappa shape index (κ2) is 11.8. The number of thiocarbonyl (C=S) groups is 1. The molecule has 0 spiro atoms. The van der Waals surface area contributed by atoms with Crippen LogP contribution >= 0.6 is 12.2 Å². The number of aromatic nitrogens is 2. The van der Waals surface area contributed by atoms with E-state index < -0.39 is 0 Å². The van der Waals surface area contributed by atoms with Crippen molar-refractivity contribution < 1.29 is 14.3 Å². The number of carbonyl (C=O) groups excluding carboxylic acids is 1. The molecule has 1 amide bonds. The van der Waals surface area contributed by atoms with E-state index in [1.807, 2.05) is 60.7 Å². The highest BCUT2D eigenvalue weighted by Gasteiger charge is 2.41. The molecule has 9 heteroatoms. The highest BCUT2D eigenvalue weighted by Crippen LogP contribution is 2.41. The molecule has 40 heavy (non-hydrogen) atoms. The van der Waals surface area contributed by atoms with E-state index in [2.05, 4.69) is 51.1 Å². The molecule has 0 aliphatic carbocycles. The van der Waals surface area contributed by atoms with Gasteiger partial charge in [-0.25, -0.2) is 0 Å². The summed E-state index contributed by atoms with van der Waals surface area (Å²) in [6, 6.07) is 23.2. The SMILES string of the molecule is COc1cccc(-n2c(C)cc([C@H]3[C@H](c4ccccn4)NC(=S)N3CCC(=O)Nc3ccccc3OC)c2C)c1. The van der Waals surface area contributed by atoms with Gasteiger partial charge >= 0.3 is 0 Å². The second-order valence-electron chi connectivity index (χ2n) is 9.68. The molecule has 0 bridgehead atoms. The third kappa shape index (κ3) is 5.37. The van der Waals surface area contributed by atoms with E-state index in [4.69, 9.17) is 21.7 Å². The van der Waals surface area contributed by atoms with Crippen molar-refractivity contribution in [2.75, 3.05) is 26.1 Å². The molecule has 5 rings (SSSR count). The summed E-state index contributed by atoms with van der Waals surface area (Å²) in [6.45, 7) is 4.65. The van der Waals surface area contributed by atoms with Crippen LogP contribution in [0.2, 0.25) is 0 Å². The number of nitrogens with one attached hydrogen (secondary N) is 2. The zero-order chi connectivity index (χ0) is 28.2. The molecule has 2 aromatic carbocycles. The van der Waals surface area contributed by atoms with Crippen LogP contribution in [0.5, 0.6) is 11.5 Å². The van der Waals surface area contributed by atoms with Gasteiger partial charge in [0.25, 0.3) is 0 Å². The molecule has 1 aliphatic heterocycles. The monoisotopic (exact) mass is 555 g/mol. The molecule has 0 radical (unpaired) electrons. The van der Waals surface area contributed by atoms with Crippen LogP contribution in [0.25, 0.3) is 5.69 Å². The first kappa shape index (κ1) is 27.2. The summed E-state index contributed by atoms with van der Waals surface area (Å²) in [5, 5.41) is 7.05. The Hall–Kier alpha value is -4.37. The van der Waals surface area contributed by atoms with Crippen LogP contribution < -0.4 is 20.1 Å². The van der Waals surface area contributed by atoms with Gasteiger partial charge in [-0.1, -0.05) is 24.3 Å². The van der Waals surface area contributed by atoms with Gasteiger partial charge in [0.1, 0.15) is 11.5 Å². The minimum atomic E-state index is -0.176. The van der Waals surface area contributed by atoms with E-state index in [1.54, 1.807) is 20.4 Å². The van der Waals surface area contributed by atoms with E-state index in [1.165, 1.54) is 0 Å². The summed E-state index contributed by atoms with van der Waals surface area (Å²) in [7, 11) is 3.26. The van der Waals surface area contributed by atoms with Gasteiger partial charge in [0.05, 0.1) is 37.7 Å². The minimum Gasteiger partial charge on any atom is -0.497 e. The highest BCUT2D eigenvalue weighted by molar-refractivity contribution is 7.80. The third-order valence-corrected chi connectivity index (χ3v) is 7.61. The molecule has 4 aromatic rings. The summed E-state index contributed by atoms with van der Waals surface area (Å²) in [5.41, 5.74) is 5.85. The van der Waals surface area contributed by atoms with Crippen molar-refractivity contribution >= 4 is 28.9 Å². The van der Waals surface area contributed by atoms with E-state index in [0.29, 0.717) is 23.1 Å². The summed E-state index contributed by atoms with van der Waals surface area (Å²) in [5.74, 6) is 1.30. The Kier molecular flexibility index (Phi) is 8.02. The number of para-hydroxylation sites is 2. The molecule has 1 saturated heterocycles. The van der Waals surface area contributed by atoms with Gasteiger partial charge in [-0.3, -0.25) is 9.78 Å². The number of methoxy groups -OCH3 is 2. The maximum Gasteiger partial charge on any atom is 0.226 e. The lowest BCUT2D eigenvalue weighted by Gasteiger charge is -2.28. The van der Waals surface area contributed by atoms with Crippen LogP contribution in [0.3, 0.4) is 0 Å². The maximum absolute atomic E-state index is 13.0. The normalized spacial score (nSPS) is 16.5. The van der Waals surface area contributed by atoms with Gasteiger partial charge in [-0.15, -0.1) is 0 Å². The number of aryl methyl sites for hydroxylation is 1. The largest absolute Gasteiger partial charge is 0.497 e. The summed E-state index contributed by atoms with van der Waals surface area (Å²) in [6.07, 6.45) is 2.04. The Balaban J connectivity index is 1.47. The fraction of sp³-hybridized carbons (Fsp3) is 0.258. The Morgan fingerprint density at radius 1 is 1.02 bits per heavy atom. The van der Waals surface area contributed by atoms with Crippen molar-refractivity contribution in [2.24, 2.45) is 0 Å². The molecule has 206 valence electrons. The molecule has 1 fully saturated rings. The maximum atomic E-state index is 13.0. The smallest absolute Gasteiger partial charge is 0.226 e.